The van der Waals surface area contributed by atoms with Crippen LogP contribution in [0.15, 0.2) is 69.6 Å². The Balaban J connectivity index is 1.85. The van der Waals surface area contributed by atoms with Crippen LogP contribution in [0.2, 0.25) is 0 Å². The van der Waals surface area contributed by atoms with Crippen LogP contribution in [-0.2, 0) is 11.3 Å². The molecule has 2 aromatic heterocycles. The molecule has 2 heterocycles. The van der Waals surface area contributed by atoms with Crippen molar-refractivity contribution in [3.05, 3.63) is 91.9 Å². The SMILES string of the molecule is Cc1ccc(C)c(-n2c(=O)c3sccc3n(CC(=O)Nc3ccccc3)c2=O)c1. The summed E-state index contributed by atoms with van der Waals surface area (Å²) >= 11 is 1.26. The minimum Gasteiger partial charge on any atom is -0.325 e. The Bertz CT molecular complexity index is 1330. The van der Waals surface area contributed by atoms with Gasteiger partial charge < -0.3 is 5.32 Å². The molecule has 0 aliphatic rings. The lowest BCUT2D eigenvalue weighted by Crippen LogP contribution is -2.40. The van der Waals surface area contributed by atoms with E-state index in [1.54, 1.807) is 23.6 Å². The minimum absolute atomic E-state index is 0.188. The summed E-state index contributed by atoms with van der Waals surface area (Å²) in [6.07, 6.45) is 0. The quantitative estimate of drug-likeness (QED) is 0.565. The lowest BCUT2D eigenvalue weighted by atomic mass is 10.1. The highest BCUT2D eigenvalue weighted by atomic mass is 32.1. The molecule has 0 fully saturated rings. The fourth-order valence-corrected chi connectivity index (χ4v) is 4.10. The van der Waals surface area contributed by atoms with Gasteiger partial charge in [-0.05, 0) is 54.6 Å². The summed E-state index contributed by atoms with van der Waals surface area (Å²) in [6.45, 7) is 3.57. The number of aryl methyl sites for hydroxylation is 2. The number of hydrogen-bond acceptors (Lipinski definition) is 4. The molecule has 2 aromatic carbocycles. The predicted octanol–water partition coefficient (Wildman–Crippen LogP) is 3.47. The molecule has 1 amide bonds. The van der Waals surface area contributed by atoms with Crippen LogP contribution in [0.1, 0.15) is 11.1 Å². The summed E-state index contributed by atoms with van der Waals surface area (Å²) in [5.74, 6) is -0.336. The lowest BCUT2D eigenvalue weighted by Gasteiger charge is -2.14. The van der Waals surface area contributed by atoms with Crippen molar-refractivity contribution in [2.24, 2.45) is 0 Å². The Morgan fingerprint density at radius 3 is 2.55 bits per heavy atom. The highest BCUT2D eigenvalue weighted by Gasteiger charge is 2.18. The molecule has 4 aromatic rings. The smallest absolute Gasteiger partial charge is 0.325 e. The molecule has 0 unspecified atom stereocenters. The Kier molecular flexibility index (Phi) is 4.90. The van der Waals surface area contributed by atoms with E-state index in [2.05, 4.69) is 5.32 Å². The molecule has 0 saturated carbocycles. The third-order valence-corrected chi connectivity index (χ3v) is 5.61. The van der Waals surface area contributed by atoms with Gasteiger partial charge in [-0.3, -0.25) is 14.2 Å². The van der Waals surface area contributed by atoms with Crippen molar-refractivity contribution in [1.82, 2.24) is 9.13 Å². The number of rotatable bonds is 4. The maximum absolute atomic E-state index is 13.3. The zero-order valence-electron chi connectivity index (χ0n) is 16.0. The molecular formula is C22H19N3O3S. The summed E-state index contributed by atoms with van der Waals surface area (Å²) in [5.41, 5.74) is 2.51. The van der Waals surface area contributed by atoms with E-state index in [-0.39, 0.29) is 18.0 Å². The van der Waals surface area contributed by atoms with Crippen LogP contribution < -0.4 is 16.6 Å². The van der Waals surface area contributed by atoms with E-state index in [0.29, 0.717) is 21.6 Å². The highest BCUT2D eigenvalue weighted by molar-refractivity contribution is 7.17. The van der Waals surface area contributed by atoms with E-state index in [4.69, 9.17) is 0 Å². The molecule has 6 nitrogen and oxygen atoms in total. The van der Waals surface area contributed by atoms with Crippen molar-refractivity contribution >= 4 is 33.1 Å². The number of carbonyl (C=O) groups excluding carboxylic acids is 1. The first-order valence-electron chi connectivity index (χ1n) is 9.11. The van der Waals surface area contributed by atoms with Crippen LogP contribution in [0.25, 0.3) is 15.9 Å². The van der Waals surface area contributed by atoms with Gasteiger partial charge >= 0.3 is 5.69 Å². The number of thiophene rings is 1. The summed E-state index contributed by atoms with van der Waals surface area (Å²) in [7, 11) is 0. The number of nitrogens with one attached hydrogen (secondary N) is 1. The Morgan fingerprint density at radius 1 is 1.03 bits per heavy atom. The van der Waals surface area contributed by atoms with Crippen molar-refractivity contribution in [3.63, 3.8) is 0 Å². The van der Waals surface area contributed by atoms with Crippen LogP contribution >= 0.6 is 11.3 Å². The number of benzene rings is 2. The molecule has 0 aliphatic heterocycles. The van der Waals surface area contributed by atoms with Crippen molar-refractivity contribution in [2.75, 3.05) is 5.32 Å². The van der Waals surface area contributed by atoms with Gasteiger partial charge in [-0.2, -0.15) is 0 Å². The normalized spacial score (nSPS) is 11.0. The number of para-hydroxylation sites is 1. The molecule has 146 valence electrons. The second-order valence-electron chi connectivity index (χ2n) is 6.85. The third-order valence-electron chi connectivity index (χ3n) is 4.72. The van der Waals surface area contributed by atoms with Gasteiger partial charge in [0.2, 0.25) is 5.91 Å². The maximum atomic E-state index is 13.3. The van der Waals surface area contributed by atoms with Crippen LogP contribution in [0.3, 0.4) is 0 Å². The van der Waals surface area contributed by atoms with Crippen molar-refractivity contribution in [3.8, 4) is 5.69 Å². The molecule has 1 N–H and O–H groups in total. The Hall–Kier alpha value is -3.45. The van der Waals surface area contributed by atoms with Crippen molar-refractivity contribution < 1.29 is 4.79 Å². The predicted molar refractivity (Wildman–Crippen MR) is 116 cm³/mol. The first-order valence-corrected chi connectivity index (χ1v) is 9.99. The molecule has 0 bridgehead atoms. The summed E-state index contributed by atoms with van der Waals surface area (Å²) in [4.78, 5) is 39.0. The van der Waals surface area contributed by atoms with Gasteiger partial charge in [0.25, 0.3) is 5.56 Å². The standard InChI is InChI=1S/C22H19N3O3S/c1-14-8-9-15(2)18(12-14)25-21(27)20-17(10-11-29-20)24(22(25)28)13-19(26)23-16-6-4-3-5-7-16/h3-12H,13H2,1-2H3,(H,23,26). The van der Waals surface area contributed by atoms with Gasteiger partial charge in [0.15, 0.2) is 0 Å². The van der Waals surface area contributed by atoms with Gasteiger partial charge in [-0.1, -0.05) is 30.3 Å². The number of anilines is 1. The van der Waals surface area contributed by atoms with Gasteiger partial charge in [0.1, 0.15) is 11.2 Å². The largest absolute Gasteiger partial charge is 0.336 e. The first kappa shape index (κ1) is 18.9. The van der Waals surface area contributed by atoms with Gasteiger partial charge in [-0.25, -0.2) is 9.36 Å². The molecular weight excluding hydrogens is 386 g/mol. The van der Waals surface area contributed by atoms with Gasteiger partial charge in [0, 0.05) is 5.69 Å². The van der Waals surface area contributed by atoms with Crippen LogP contribution in [0.4, 0.5) is 5.69 Å². The minimum atomic E-state index is -0.530. The van der Waals surface area contributed by atoms with E-state index in [9.17, 15) is 14.4 Å². The number of hydrogen-bond donors (Lipinski definition) is 1. The number of nitrogens with zero attached hydrogens (tertiary/aromatic N) is 2. The average molecular weight is 405 g/mol. The van der Waals surface area contributed by atoms with E-state index in [0.717, 1.165) is 15.7 Å². The summed E-state index contributed by atoms with van der Waals surface area (Å²) in [6, 6.07) is 16.4. The fraction of sp³-hybridized carbons (Fsp3) is 0.136. The zero-order chi connectivity index (χ0) is 20.5. The number of fused-ring (bicyclic) bond motifs is 1. The van der Waals surface area contributed by atoms with E-state index < -0.39 is 5.69 Å². The molecule has 29 heavy (non-hydrogen) atoms. The van der Waals surface area contributed by atoms with Crippen molar-refractivity contribution in [1.29, 1.82) is 0 Å². The maximum Gasteiger partial charge on any atom is 0.336 e. The second-order valence-corrected chi connectivity index (χ2v) is 7.76. The zero-order valence-corrected chi connectivity index (χ0v) is 16.8. The number of aromatic nitrogens is 2. The molecule has 7 heteroatoms. The molecule has 0 saturated heterocycles. The number of carbonyl (C=O) groups is 1. The summed E-state index contributed by atoms with van der Waals surface area (Å²) < 4.78 is 2.96. The number of amides is 1. The Morgan fingerprint density at radius 2 is 1.79 bits per heavy atom. The molecule has 0 spiro atoms. The van der Waals surface area contributed by atoms with Crippen LogP contribution in [0.5, 0.6) is 0 Å². The Labute approximate surface area is 170 Å². The molecule has 0 radical (unpaired) electrons. The average Bonchev–Trinajstić information content (AvgIpc) is 3.19. The fourth-order valence-electron chi connectivity index (χ4n) is 3.28. The van der Waals surface area contributed by atoms with Gasteiger partial charge in [-0.15, -0.1) is 11.3 Å². The molecule has 0 aliphatic carbocycles. The van der Waals surface area contributed by atoms with Crippen molar-refractivity contribution in [2.45, 2.75) is 20.4 Å². The van der Waals surface area contributed by atoms with Gasteiger partial charge in [0.05, 0.1) is 11.2 Å². The van der Waals surface area contributed by atoms with E-state index >= 15 is 0 Å². The highest BCUT2D eigenvalue weighted by Crippen LogP contribution is 2.18. The van der Waals surface area contributed by atoms with Crippen LogP contribution in [-0.4, -0.2) is 15.0 Å². The first-order chi connectivity index (χ1) is 14.0. The molecule has 4 rings (SSSR count). The third kappa shape index (κ3) is 3.52. The second kappa shape index (κ2) is 7.52. The van der Waals surface area contributed by atoms with E-state index in [1.165, 1.54) is 15.9 Å². The molecule has 0 atom stereocenters. The van der Waals surface area contributed by atoms with Crippen LogP contribution in [0, 0.1) is 13.8 Å². The monoisotopic (exact) mass is 405 g/mol. The lowest BCUT2D eigenvalue weighted by molar-refractivity contribution is -0.116. The van der Waals surface area contributed by atoms with E-state index in [1.807, 2.05) is 50.2 Å². The summed E-state index contributed by atoms with van der Waals surface area (Å²) in [5, 5.41) is 4.54. The topological polar surface area (TPSA) is 73.1 Å².